The average molecular weight is 285 g/mol. The van der Waals surface area contributed by atoms with Crippen molar-refractivity contribution in [2.45, 2.75) is 19.4 Å². The van der Waals surface area contributed by atoms with Crippen LogP contribution in [0.25, 0.3) is 0 Å². The van der Waals surface area contributed by atoms with Crippen molar-refractivity contribution in [3.05, 3.63) is 65.0 Å². The molecule has 2 aromatic rings. The zero-order chi connectivity index (χ0) is 14.8. The van der Waals surface area contributed by atoms with E-state index in [9.17, 15) is 9.18 Å². The van der Waals surface area contributed by atoms with Crippen LogP contribution in [0.4, 0.5) is 4.39 Å². The van der Waals surface area contributed by atoms with Crippen LogP contribution >= 0.6 is 0 Å². The Morgan fingerprint density at radius 1 is 1.29 bits per heavy atom. The van der Waals surface area contributed by atoms with Crippen LogP contribution in [0.5, 0.6) is 5.75 Å². The Labute approximate surface area is 122 Å². The Morgan fingerprint density at radius 3 is 2.90 bits per heavy atom. The maximum absolute atomic E-state index is 13.4. The third-order valence-electron chi connectivity index (χ3n) is 3.71. The molecule has 1 atom stereocenters. The third kappa shape index (κ3) is 2.75. The van der Waals surface area contributed by atoms with Gasteiger partial charge in [0.2, 0.25) is 0 Å². The van der Waals surface area contributed by atoms with Crippen molar-refractivity contribution in [3.8, 4) is 5.75 Å². The number of carbonyl (C=O) groups excluding carboxylic acids is 1. The fourth-order valence-corrected chi connectivity index (χ4v) is 2.58. The number of amides is 1. The lowest BCUT2D eigenvalue weighted by atomic mass is 9.99. The predicted octanol–water partition coefficient (Wildman–Crippen LogP) is 3.39. The van der Waals surface area contributed by atoms with Gasteiger partial charge in [0.1, 0.15) is 11.6 Å². The summed E-state index contributed by atoms with van der Waals surface area (Å²) in [7, 11) is 0. The first-order valence-corrected chi connectivity index (χ1v) is 6.94. The van der Waals surface area contributed by atoms with Crippen molar-refractivity contribution < 1.29 is 13.9 Å². The summed E-state index contributed by atoms with van der Waals surface area (Å²) in [5, 5.41) is 2.97. The molecule has 0 saturated carbocycles. The van der Waals surface area contributed by atoms with E-state index in [1.807, 2.05) is 25.1 Å². The number of nitrogens with one attached hydrogen (secondary N) is 1. The summed E-state index contributed by atoms with van der Waals surface area (Å²) in [6, 6.07) is 11.6. The molecule has 1 amide bonds. The van der Waals surface area contributed by atoms with Crippen LogP contribution in [0.15, 0.2) is 42.5 Å². The highest BCUT2D eigenvalue weighted by molar-refractivity contribution is 5.95. The van der Waals surface area contributed by atoms with Gasteiger partial charge in [0.25, 0.3) is 5.91 Å². The molecule has 0 fully saturated rings. The quantitative estimate of drug-likeness (QED) is 0.918. The number of aryl methyl sites for hydroxylation is 1. The summed E-state index contributed by atoms with van der Waals surface area (Å²) in [5.41, 5.74) is 2.26. The molecule has 0 radical (unpaired) electrons. The van der Waals surface area contributed by atoms with Crippen LogP contribution in [0.1, 0.15) is 33.9 Å². The monoisotopic (exact) mass is 285 g/mol. The van der Waals surface area contributed by atoms with Crippen molar-refractivity contribution in [2.24, 2.45) is 0 Å². The van der Waals surface area contributed by atoms with Gasteiger partial charge in [-0.2, -0.15) is 0 Å². The molecule has 0 aliphatic carbocycles. The Balaban J connectivity index is 1.85. The van der Waals surface area contributed by atoms with Crippen LogP contribution in [0, 0.1) is 12.7 Å². The molecule has 3 nitrogen and oxygen atoms in total. The summed E-state index contributed by atoms with van der Waals surface area (Å²) in [6.07, 6.45) is 0.633. The van der Waals surface area contributed by atoms with Gasteiger partial charge in [0.15, 0.2) is 0 Å². The zero-order valence-corrected chi connectivity index (χ0v) is 11.7. The lowest BCUT2D eigenvalue weighted by Gasteiger charge is -2.27. The minimum atomic E-state index is -0.325. The van der Waals surface area contributed by atoms with Crippen LogP contribution in [0.3, 0.4) is 0 Å². The summed E-state index contributed by atoms with van der Waals surface area (Å²) in [4.78, 5) is 12.4. The summed E-state index contributed by atoms with van der Waals surface area (Å²) in [5.74, 6) is 0.169. The van der Waals surface area contributed by atoms with Gasteiger partial charge in [-0.15, -0.1) is 0 Å². The molecule has 1 heterocycles. The number of rotatable bonds is 2. The molecule has 1 N–H and O–H groups in total. The van der Waals surface area contributed by atoms with Crippen LogP contribution in [-0.2, 0) is 0 Å². The van der Waals surface area contributed by atoms with Gasteiger partial charge in [-0.1, -0.05) is 18.2 Å². The number of ether oxygens (including phenoxy) is 1. The Bertz CT molecular complexity index is 684. The molecule has 4 heteroatoms. The van der Waals surface area contributed by atoms with Crippen LogP contribution in [0.2, 0.25) is 0 Å². The minimum absolute atomic E-state index is 0.143. The maximum atomic E-state index is 13.4. The van der Waals surface area contributed by atoms with Gasteiger partial charge in [-0.25, -0.2) is 4.39 Å². The first-order valence-electron chi connectivity index (χ1n) is 6.94. The van der Waals surface area contributed by atoms with E-state index < -0.39 is 0 Å². The number of hydrogen-bond acceptors (Lipinski definition) is 2. The van der Waals surface area contributed by atoms with E-state index >= 15 is 0 Å². The smallest absolute Gasteiger partial charge is 0.252 e. The molecule has 0 aromatic heterocycles. The number of carbonyl (C=O) groups is 1. The second-order valence-electron chi connectivity index (χ2n) is 5.16. The molecule has 21 heavy (non-hydrogen) atoms. The van der Waals surface area contributed by atoms with Crippen LogP contribution < -0.4 is 10.1 Å². The number of hydrogen-bond donors (Lipinski definition) is 1. The first kappa shape index (κ1) is 13.6. The van der Waals surface area contributed by atoms with Gasteiger partial charge in [-0.05, 0) is 36.8 Å². The topological polar surface area (TPSA) is 38.3 Å². The lowest BCUT2D eigenvalue weighted by Crippen LogP contribution is -2.32. The second kappa shape index (κ2) is 5.56. The summed E-state index contributed by atoms with van der Waals surface area (Å²) < 4.78 is 18.9. The number of benzene rings is 2. The number of halogens is 1. The molecular weight excluding hydrogens is 269 g/mol. The SMILES string of the molecule is Cc1ccccc1C(=O)NC1CCOc2ccc(F)cc21. The fraction of sp³-hybridized carbons (Fsp3) is 0.235. The van der Waals surface area contributed by atoms with Crippen molar-refractivity contribution in [1.29, 1.82) is 0 Å². The first-order chi connectivity index (χ1) is 10.1. The van der Waals surface area contributed by atoms with Crippen molar-refractivity contribution in [3.63, 3.8) is 0 Å². The van der Waals surface area contributed by atoms with E-state index in [1.165, 1.54) is 12.1 Å². The van der Waals surface area contributed by atoms with E-state index in [0.717, 1.165) is 5.56 Å². The maximum Gasteiger partial charge on any atom is 0.252 e. The molecule has 2 aromatic carbocycles. The Morgan fingerprint density at radius 2 is 2.10 bits per heavy atom. The Hall–Kier alpha value is -2.36. The second-order valence-corrected chi connectivity index (χ2v) is 5.16. The molecule has 1 aliphatic heterocycles. The third-order valence-corrected chi connectivity index (χ3v) is 3.71. The molecular formula is C17H16FNO2. The van der Waals surface area contributed by atoms with Crippen LogP contribution in [-0.4, -0.2) is 12.5 Å². The van der Waals surface area contributed by atoms with E-state index in [2.05, 4.69) is 5.32 Å². The zero-order valence-electron chi connectivity index (χ0n) is 11.7. The molecule has 3 rings (SSSR count). The molecule has 1 aliphatic rings. The van der Waals surface area contributed by atoms with Gasteiger partial charge in [-0.3, -0.25) is 4.79 Å². The standard InChI is InChI=1S/C17H16FNO2/c1-11-4-2-3-5-13(11)17(20)19-15-8-9-21-16-7-6-12(18)10-14(15)16/h2-7,10,15H,8-9H2,1H3,(H,19,20). The molecule has 0 saturated heterocycles. The highest BCUT2D eigenvalue weighted by Crippen LogP contribution is 2.32. The van der Waals surface area contributed by atoms with Crippen molar-refractivity contribution in [2.75, 3.05) is 6.61 Å². The van der Waals surface area contributed by atoms with Gasteiger partial charge < -0.3 is 10.1 Å². The fourth-order valence-electron chi connectivity index (χ4n) is 2.58. The highest BCUT2D eigenvalue weighted by atomic mass is 19.1. The molecule has 0 bridgehead atoms. The van der Waals surface area contributed by atoms with Crippen molar-refractivity contribution in [1.82, 2.24) is 5.32 Å². The van der Waals surface area contributed by atoms with Gasteiger partial charge in [0.05, 0.1) is 12.6 Å². The lowest BCUT2D eigenvalue weighted by molar-refractivity contribution is 0.0924. The van der Waals surface area contributed by atoms with E-state index in [0.29, 0.717) is 29.9 Å². The minimum Gasteiger partial charge on any atom is -0.493 e. The molecule has 0 spiro atoms. The normalized spacial score (nSPS) is 16.8. The van der Waals surface area contributed by atoms with Crippen molar-refractivity contribution >= 4 is 5.91 Å². The average Bonchev–Trinajstić information content (AvgIpc) is 2.48. The molecule has 1 unspecified atom stereocenters. The largest absolute Gasteiger partial charge is 0.493 e. The highest BCUT2D eigenvalue weighted by Gasteiger charge is 2.24. The summed E-state index contributed by atoms with van der Waals surface area (Å²) in [6.45, 7) is 2.41. The van der Waals surface area contributed by atoms with E-state index in [4.69, 9.17) is 4.74 Å². The molecule has 108 valence electrons. The van der Waals surface area contributed by atoms with E-state index in [1.54, 1.807) is 12.1 Å². The van der Waals surface area contributed by atoms with Gasteiger partial charge >= 0.3 is 0 Å². The van der Waals surface area contributed by atoms with E-state index in [-0.39, 0.29) is 17.8 Å². The Kier molecular flexibility index (Phi) is 3.60. The predicted molar refractivity (Wildman–Crippen MR) is 77.9 cm³/mol. The summed E-state index contributed by atoms with van der Waals surface area (Å²) >= 11 is 0. The van der Waals surface area contributed by atoms with Gasteiger partial charge in [0, 0.05) is 17.5 Å². The number of fused-ring (bicyclic) bond motifs is 1.